The molecule has 5 heteroatoms. The number of Topliss-reactive ketones (excluding diaryl/α,β-unsaturated/α-hetero) is 1. The van der Waals surface area contributed by atoms with Gasteiger partial charge in [-0.1, -0.05) is 52.3 Å². The molecule has 0 saturated heterocycles. The maximum absolute atomic E-state index is 12.8. The molecule has 5 nitrogen and oxygen atoms in total. The minimum Gasteiger partial charge on any atom is -0.481 e. The van der Waals surface area contributed by atoms with Crippen molar-refractivity contribution in [3.8, 4) is 0 Å². The summed E-state index contributed by atoms with van der Waals surface area (Å²) in [4.78, 5) is 25.4. The zero-order chi connectivity index (χ0) is 27.1. The summed E-state index contributed by atoms with van der Waals surface area (Å²) in [7, 11) is 0. The van der Waals surface area contributed by atoms with Crippen LogP contribution in [0.25, 0.3) is 0 Å². The van der Waals surface area contributed by atoms with Gasteiger partial charge in [0.25, 0.3) is 0 Å². The molecule has 4 aliphatic rings. The second kappa shape index (κ2) is 8.53. The molecule has 7 atom stereocenters. The van der Waals surface area contributed by atoms with Crippen LogP contribution in [0.15, 0.2) is 23.3 Å². The van der Waals surface area contributed by atoms with E-state index >= 15 is 0 Å². The molecule has 0 aromatic carbocycles. The molecule has 202 valence electrons. The van der Waals surface area contributed by atoms with E-state index < -0.39 is 23.6 Å². The van der Waals surface area contributed by atoms with E-state index in [0.29, 0.717) is 43.0 Å². The van der Waals surface area contributed by atoms with Crippen LogP contribution in [0.4, 0.5) is 0 Å². The zero-order valence-corrected chi connectivity index (χ0v) is 23.5. The Labute approximate surface area is 217 Å². The maximum Gasteiger partial charge on any atom is 0.306 e. The van der Waals surface area contributed by atoms with Crippen molar-refractivity contribution >= 4 is 11.8 Å². The molecule has 0 aromatic rings. The Bertz CT molecular complexity index is 999. The van der Waals surface area contributed by atoms with E-state index in [1.165, 1.54) is 11.1 Å². The Kier molecular flexibility index (Phi) is 6.53. The van der Waals surface area contributed by atoms with E-state index in [9.17, 15) is 24.9 Å². The van der Waals surface area contributed by atoms with Gasteiger partial charge in [0.1, 0.15) is 5.78 Å². The summed E-state index contributed by atoms with van der Waals surface area (Å²) < 4.78 is 0. The third-order valence-electron chi connectivity index (χ3n) is 11.9. The van der Waals surface area contributed by atoms with Gasteiger partial charge in [0.05, 0.1) is 17.6 Å². The highest BCUT2D eigenvalue weighted by molar-refractivity contribution is 5.85. The first-order valence-electron chi connectivity index (χ1n) is 14.0. The Hall–Kier alpha value is -1.46. The Morgan fingerprint density at radius 2 is 1.72 bits per heavy atom. The number of aliphatic carboxylic acids is 1. The lowest BCUT2D eigenvalue weighted by Crippen LogP contribution is -2.54. The van der Waals surface area contributed by atoms with Crippen molar-refractivity contribution in [2.75, 3.05) is 0 Å². The lowest BCUT2D eigenvalue weighted by molar-refractivity contribution is -0.149. The van der Waals surface area contributed by atoms with Crippen LogP contribution in [0, 0.1) is 39.4 Å². The third-order valence-corrected chi connectivity index (χ3v) is 11.9. The first-order chi connectivity index (χ1) is 16.4. The van der Waals surface area contributed by atoms with Gasteiger partial charge >= 0.3 is 5.97 Å². The molecule has 0 aromatic heterocycles. The van der Waals surface area contributed by atoms with E-state index in [-0.39, 0.29) is 27.6 Å². The monoisotopic (exact) mass is 500 g/mol. The summed E-state index contributed by atoms with van der Waals surface area (Å²) in [6.07, 6.45) is 5.92. The number of hydrogen-bond acceptors (Lipinski definition) is 4. The summed E-state index contributed by atoms with van der Waals surface area (Å²) in [6.45, 7) is 18.5. The number of allylic oxidation sites excluding steroid dienone is 2. The van der Waals surface area contributed by atoms with Gasteiger partial charge in [-0.15, -0.1) is 0 Å². The highest BCUT2D eigenvalue weighted by Crippen LogP contribution is 2.72. The van der Waals surface area contributed by atoms with Crippen molar-refractivity contribution in [3.05, 3.63) is 23.3 Å². The van der Waals surface area contributed by atoms with Crippen molar-refractivity contribution in [1.82, 2.24) is 0 Å². The van der Waals surface area contributed by atoms with E-state index in [4.69, 9.17) is 0 Å². The van der Waals surface area contributed by atoms with Gasteiger partial charge in [-0.3, -0.25) is 9.59 Å². The minimum atomic E-state index is -1.05. The van der Waals surface area contributed by atoms with Crippen molar-refractivity contribution < 1.29 is 24.9 Å². The molecule has 36 heavy (non-hydrogen) atoms. The normalized spacial score (nSPS) is 40.8. The van der Waals surface area contributed by atoms with Crippen LogP contribution in [-0.4, -0.2) is 38.8 Å². The molecule has 0 radical (unpaired) electrons. The molecule has 2 fully saturated rings. The van der Waals surface area contributed by atoms with Gasteiger partial charge in [0, 0.05) is 17.8 Å². The molecule has 0 bridgehead atoms. The first-order valence-corrected chi connectivity index (χ1v) is 14.0. The van der Waals surface area contributed by atoms with Crippen LogP contribution in [0.5, 0.6) is 0 Å². The number of carboxylic acids is 1. The topological polar surface area (TPSA) is 94.8 Å². The number of aliphatic hydroxyl groups excluding tert-OH is 1. The number of ketones is 1. The maximum atomic E-state index is 12.8. The van der Waals surface area contributed by atoms with E-state index in [0.717, 1.165) is 32.1 Å². The zero-order valence-electron chi connectivity index (χ0n) is 23.5. The smallest absolute Gasteiger partial charge is 0.306 e. The van der Waals surface area contributed by atoms with E-state index in [1.807, 2.05) is 0 Å². The Morgan fingerprint density at radius 1 is 1.08 bits per heavy atom. The number of rotatable bonds is 6. The summed E-state index contributed by atoms with van der Waals surface area (Å²) in [6, 6.07) is 0. The van der Waals surface area contributed by atoms with E-state index in [2.05, 4.69) is 41.2 Å². The number of carbonyl (C=O) groups excluding carboxylic acids is 1. The highest BCUT2D eigenvalue weighted by Gasteiger charge is 2.66. The Morgan fingerprint density at radius 3 is 2.31 bits per heavy atom. The average molecular weight is 501 g/mol. The first kappa shape index (κ1) is 27.6. The Balaban J connectivity index is 1.71. The summed E-state index contributed by atoms with van der Waals surface area (Å²) in [5, 5.41) is 32.1. The van der Waals surface area contributed by atoms with Gasteiger partial charge in [0.15, 0.2) is 0 Å². The molecule has 4 aliphatic carbocycles. The largest absolute Gasteiger partial charge is 0.481 e. The quantitative estimate of drug-likeness (QED) is 0.384. The molecule has 3 N–H and O–H groups in total. The molecule has 0 spiro atoms. The van der Waals surface area contributed by atoms with Crippen molar-refractivity contribution in [2.24, 2.45) is 39.4 Å². The van der Waals surface area contributed by atoms with Crippen LogP contribution >= 0.6 is 0 Å². The fourth-order valence-electron chi connectivity index (χ4n) is 9.40. The van der Waals surface area contributed by atoms with Gasteiger partial charge in [-0.05, 0) is 93.0 Å². The van der Waals surface area contributed by atoms with Crippen LogP contribution < -0.4 is 0 Å². The number of carboxylic acid groups (broad SMARTS) is 1. The van der Waals surface area contributed by atoms with Gasteiger partial charge in [-0.25, -0.2) is 0 Å². The molecule has 0 unspecified atom stereocenters. The predicted molar refractivity (Wildman–Crippen MR) is 141 cm³/mol. The standard InChI is InChI=1S/C31H48O5/c1-18(28(4,5)36)9-10-19(26(34)35)25-22(32)17-31(8)21-11-12-23-27(2,3)24(33)14-15-29(23,6)20(21)13-16-30(25,31)7/h19,22-23,25,32,36H,1,9-17H2,2-8H3,(H,34,35)/t19-,22-,23+,25+,29-,30-,31+/m1/s1. The molecule has 4 rings (SSSR count). The number of hydrogen-bond donors (Lipinski definition) is 3. The second-order valence-corrected chi connectivity index (χ2v) is 14.3. The molecular formula is C31H48O5. The van der Waals surface area contributed by atoms with E-state index in [1.54, 1.807) is 13.8 Å². The lowest BCUT2D eigenvalue weighted by atomic mass is 9.43. The minimum absolute atomic E-state index is 0.00494. The molecular weight excluding hydrogens is 452 g/mol. The summed E-state index contributed by atoms with van der Waals surface area (Å²) >= 11 is 0. The molecule has 0 aliphatic heterocycles. The fraction of sp³-hybridized carbons (Fsp3) is 0.806. The second-order valence-electron chi connectivity index (χ2n) is 14.3. The number of aliphatic hydroxyl groups is 2. The average Bonchev–Trinajstić information content (AvgIpc) is 2.96. The molecule has 0 heterocycles. The van der Waals surface area contributed by atoms with Crippen LogP contribution in [0.2, 0.25) is 0 Å². The third kappa shape index (κ3) is 3.78. The van der Waals surface area contributed by atoms with Gasteiger partial charge in [-0.2, -0.15) is 0 Å². The predicted octanol–water partition coefficient (Wildman–Crippen LogP) is 6.08. The highest BCUT2D eigenvalue weighted by atomic mass is 16.4. The van der Waals surface area contributed by atoms with Crippen molar-refractivity contribution in [1.29, 1.82) is 0 Å². The number of carbonyl (C=O) groups is 2. The van der Waals surface area contributed by atoms with Gasteiger partial charge < -0.3 is 15.3 Å². The SMILES string of the molecule is C=C(CC[C@@H](C(=O)O)[C@H]1[C@H](O)C[C@@]2(C)C3=C(CC[C@]12C)[C@@]1(C)CCC(=O)C(C)(C)[C@@H]1CC3)C(C)(C)O. The number of fused-ring (bicyclic) bond motifs is 4. The van der Waals surface area contributed by atoms with Gasteiger partial charge in [0.2, 0.25) is 0 Å². The summed E-state index contributed by atoms with van der Waals surface area (Å²) in [5.74, 6) is -1.19. The van der Waals surface area contributed by atoms with Crippen molar-refractivity contribution in [3.63, 3.8) is 0 Å². The summed E-state index contributed by atoms with van der Waals surface area (Å²) in [5.41, 5.74) is 1.63. The fourth-order valence-corrected chi connectivity index (χ4v) is 9.40. The van der Waals surface area contributed by atoms with Crippen LogP contribution in [0.3, 0.4) is 0 Å². The van der Waals surface area contributed by atoms with Crippen LogP contribution in [-0.2, 0) is 9.59 Å². The molecule has 0 amide bonds. The molecule has 2 saturated carbocycles. The van der Waals surface area contributed by atoms with Crippen LogP contribution in [0.1, 0.15) is 106 Å². The van der Waals surface area contributed by atoms with Crippen molar-refractivity contribution in [2.45, 2.75) is 118 Å². The lowest BCUT2D eigenvalue weighted by Gasteiger charge is -2.60.